The molecule has 0 aromatic carbocycles. The van der Waals surface area contributed by atoms with Crippen LogP contribution in [-0.4, -0.2) is 69.8 Å². The van der Waals surface area contributed by atoms with Crippen molar-refractivity contribution >= 4 is 0 Å². The molecule has 25 heavy (non-hydrogen) atoms. The molecule has 3 rings (SSSR count). The average Bonchev–Trinajstić information content (AvgIpc) is 2.97. The van der Waals surface area contributed by atoms with Gasteiger partial charge in [0.1, 0.15) is 0 Å². The third kappa shape index (κ3) is 5.09. The van der Waals surface area contributed by atoms with Gasteiger partial charge in [-0.1, -0.05) is 0 Å². The molecule has 2 N–H and O–H groups in total. The van der Waals surface area contributed by atoms with Crippen molar-refractivity contribution in [1.29, 1.82) is 0 Å². The summed E-state index contributed by atoms with van der Waals surface area (Å²) in [5.74, 6) is 0. The van der Waals surface area contributed by atoms with E-state index in [0.717, 1.165) is 43.1 Å². The first-order valence-electron chi connectivity index (χ1n) is 8.70. The van der Waals surface area contributed by atoms with E-state index in [9.17, 15) is 5.11 Å². The number of hydrogen-bond donors (Lipinski definition) is 2. The molecule has 3 heterocycles. The summed E-state index contributed by atoms with van der Waals surface area (Å²) in [7, 11) is 1.91. The van der Waals surface area contributed by atoms with Crippen molar-refractivity contribution in [2.75, 3.05) is 39.4 Å². The minimum atomic E-state index is -0.784. The van der Waals surface area contributed by atoms with Gasteiger partial charge in [0.15, 0.2) is 0 Å². The highest BCUT2D eigenvalue weighted by Crippen LogP contribution is 2.20. The topological polar surface area (TPSA) is 75.4 Å². The maximum Gasteiger partial charge on any atom is 0.0983 e. The third-order valence-electron chi connectivity index (χ3n) is 4.33. The number of aromatic nitrogens is 3. The van der Waals surface area contributed by atoms with Gasteiger partial charge in [0.05, 0.1) is 24.5 Å². The van der Waals surface area contributed by atoms with Gasteiger partial charge in [-0.2, -0.15) is 5.10 Å². The first kappa shape index (κ1) is 18.0. The Bertz CT molecular complexity index is 665. The number of nitrogens with one attached hydrogen (secondary N) is 1. The lowest BCUT2D eigenvalue weighted by Crippen LogP contribution is -2.50. The summed E-state index contributed by atoms with van der Waals surface area (Å²) < 4.78 is 7.17. The summed E-state index contributed by atoms with van der Waals surface area (Å²) in [6.07, 6.45) is 5.58. The highest BCUT2D eigenvalue weighted by molar-refractivity contribution is 5.61. The third-order valence-corrected chi connectivity index (χ3v) is 4.33. The Balaban J connectivity index is 1.56. The molecule has 7 nitrogen and oxygen atoms in total. The van der Waals surface area contributed by atoms with Crippen LogP contribution in [0.2, 0.25) is 0 Å². The lowest BCUT2D eigenvalue weighted by Gasteiger charge is -2.34. The van der Waals surface area contributed by atoms with Crippen LogP contribution in [0, 0.1) is 0 Å². The van der Waals surface area contributed by atoms with E-state index in [1.165, 1.54) is 0 Å². The molecule has 0 aliphatic carbocycles. The van der Waals surface area contributed by atoms with Gasteiger partial charge in [0.25, 0.3) is 0 Å². The molecule has 1 saturated heterocycles. The van der Waals surface area contributed by atoms with Crippen LogP contribution in [0.25, 0.3) is 11.3 Å². The average molecular weight is 345 g/mol. The van der Waals surface area contributed by atoms with Crippen molar-refractivity contribution in [2.45, 2.75) is 19.1 Å². The zero-order valence-corrected chi connectivity index (χ0v) is 15.0. The monoisotopic (exact) mass is 345 g/mol. The van der Waals surface area contributed by atoms with E-state index in [-0.39, 0.29) is 0 Å². The van der Waals surface area contributed by atoms with Crippen LogP contribution in [0.3, 0.4) is 0 Å². The number of β-amino-alcohol motifs (C(OH)–C–C–N with tert-alkyl or cyclic N) is 1. The van der Waals surface area contributed by atoms with E-state index in [0.29, 0.717) is 19.6 Å². The van der Waals surface area contributed by atoms with Gasteiger partial charge in [-0.3, -0.25) is 14.6 Å². The van der Waals surface area contributed by atoms with Crippen molar-refractivity contribution in [3.8, 4) is 11.3 Å². The molecule has 7 heteroatoms. The number of nitrogens with zero attached hydrogens (tertiary/aromatic N) is 4. The summed E-state index contributed by atoms with van der Waals surface area (Å²) in [5, 5.41) is 18.6. The quantitative estimate of drug-likeness (QED) is 0.768. The molecule has 1 atom stereocenters. The predicted octanol–water partition coefficient (Wildman–Crippen LogP) is 0.655. The first-order valence-corrected chi connectivity index (χ1v) is 8.70. The summed E-state index contributed by atoms with van der Waals surface area (Å²) in [6, 6.07) is 3.92. The highest BCUT2D eigenvalue weighted by atomic mass is 16.5. The maximum absolute atomic E-state index is 10.7. The molecule has 136 valence electrons. The Morgan fingerprint density at radius 1 is 1.36 bits per heavy atom. The normalized spacial score (nSPS) is 18.2. The molecule has 1 unspecified atom stereocenters. The number of aliphatic hydroxyl groups is 1. The summed E-state index contributed by atoms with van der Waals surface area (Å²) in [5.41, 5.74) is 2.24. The van der Waals surface area contributed by atoms with Gasteiger partial charge in [0, 0.05) is 69.5 Å². The smallest absolute Gasteiger partial charge is 0.0983 e. The zero-order chi connectivity index (χ0) is 17.7. The van der Waals surface area contributed by atoms with Crippen molar-refractivity contribution in [1.82, 2.24) is 25.0 Å². The molecule has 2 aromatic heterocycles. The second-order valence-electron chi connectivity index (χ2n) is 6.91. The number of aryl methyl sites for hydroxylation is 1. The minimum Gasteiger partial charge on any atom is -0.388 e. The van der Waals surface area contributed by atoms with Crippen LogP contribution in [0.4, 0.5) is 0 Å². The van der Waals surface area contributed by atoms with E-state index in [4.69, 9.17) is 4.74 Å². The van der Waals surface area contributed by atoms with Crippen molar-refractivity contribution in [3.63, 3.8) is 0 Å². The van der Waals surface area contributed by atoms with Crippen LogP contribution in [-0.2, 0) is 18.3 Å². The van der Waals surface area contributed by atoms with Crippen molar-refractivity contribution in [3.05, 3.63) is 36.3 Å². The van der Waals surface area contributed by atoms with Crippen LogP contribution in [0.15, 0.2) is 30.7 Å². The Hall–Kier alpha value is -1.80. The fourth-order valence-electron chi connectivity index (χ4n) is 3.18. The number of rotatable bonds is 7. The molecular weight excluding hydrogens is 318 g/mol. The fourth-order valence-corrected chi connectivity index (χ4v) is 3.18. The lowest BCUT2D eigenvalue weighted by molar-refractivity contribution is -0.0219. The van der Waals surface area contributed by atoms with Gasteiger partial charge < -0.3 is 15.2 Å². The molecule has 2 aromatic rings. The lowest BCUT2D eigenvalue weighted by atomic mass is 10.1. The van der Waals surface area contributed by atoms with E-state index in [1.54, 1.807) is 6.20 Å². The number of ether oxygens (including phenoxy) is 1. The Labute approximate surface area is 148 Å². The maximum atomic E-state index is 10.7. The number of pyridine rings is 1. The van der Waals surface area contributed by atoms with Gasteiger partial charge in [-0.05, 0) is 19.1 Å². The van der Waals surface area contributed by atoms with Crippen LogP contribution in [0.5, 0.6) is 0 Å². The summed E-state index contributed by atoms with van der Waals surface area (Å²) in [6.45, 7) is 6.94. The van der Waals surface area contributed by atoms with Gasteiger partial charge in [-0.25, -0.2) is 0 Å². The zero-order valence-electron chi connectivity index (χ0n) is 15.0. The highest BCUT2D eigenvalue weighted by Gasteiger charge is 2.25. The van der Waals surface area contributed by atoms with Crippen LogP contribution < -0.4 is 5.32 Å². The standard InChI is InChI=1S/C18H27N5O2/c1-18(24,14-23-6-8-25-9-7-23)13-20-11-16-12-22(2)21-17(16)15-4-3-5-19-10-15/h3-5,10,12,20,24H,6-9,11,13-14H2,1-2H3. The number of morpholine rings is 1. The van der Waals surface area contributed by atoms with Gasteiger partial charge in [-0.15, -0.1) is 0 Å². The van der Waals surface area contributed by atoms with Crippen LogP contribution in [0.1, 0.15) is 12.5 Å². The molecule has 1 fully saturated rings. The van der Waals surface area contributed by atoms with E-state index in [1.807, 2.05) is 43.2 Å². The fraction of sp³-hybridized carbons (Fsp3) is 0.556. The van der Waals surface area contributed by atoms with Gasteiger partial charge in [0.2, 0.25) is 0 Å². The minimum absolute atomic E-state index is 0.520. The number of hydrogen-bond acceptors (Lipinski definition) is 6. The summed E-state index contributed by atoms with van der Waals surface area (Å²) in [4.78, 5) is 6.42. The molecule has 0 amide bonds. The molecule has 0 spiro atoms. The second-order valence-corrected chi connectivity index (χ2v) is 6.91. The van der Waals surface area contributed by atoms with Crippen LogP contribution >= 0.6 is 0 Å². The Morgan fingerprint density at radius 3 is 2.88 bits per heavy atom. The van der Waals surface area contributed by atoms with E-state index in [2.05, 4.69) is 20.3 Å². The molecule has 0 radical (unpaired) electrons. The van der Waals surface area contributed by atoms with Gasteiger partial charge >= 0.3 is 0 Å². The predicted molar refractivity (Wildman–Crippen MR) is 96.0 cm³/mol. The largest absolute Gasteiger partial charge is 0.388 e. The van der Waals surface area contributed by atoms with E-state index >= 15 is 0 Å². The van der Waals surface area contributed by atoms with Crippen molar-refractivity contribution < 1.29 is 9.84 Å². The molecule has 0 saturated carbocycles. The van der Waals surface area contributed by atoms with Crippen molar-refractivity contribution in [2.24, 2.45) is 7.05 Å². The Morgan fingerprint density at radius 2 is 2.16 bits per heavy atom. The second kappa shape index (κ2) is 8.05. The van der Waals surface area contributed by atoms with E-state index < -0.39 is 5.60 Å². The SMILES string of the molecule is Cn1cc(CNCC(C)(O)CN2CCOCC2)c(-c2cccnc2)n1. The Kier molecular flexibility index (Phi) is 5.80. The molecule has 1 aliphatic rings. The molecule has 1 aliphatic heterocycles. The molecular formula is C18H27N5O2. The molecule has 0 bridgehead atoms. The summed E-state index contributed by atoms with van der Waals surface area (Å²) >= 11 is 0. The first-order chi connectivity index (χ1) is 12.0.